The van der Waals surface area contributed by atoms with Crippen LogP contribution in [0.4, 0.5) is 5.82 Å². The molecule has 0 radical (unpaired) electrons. The van der Waals surface area contributed by atoms with E-state index in [9.17, 15) is 55.5 Å². The normalized spacial score (nSPS) is 47.5. The molecule has 17 N–H and O–H groups in total. The van der Waals surface area contributed by atoms with Crippen molar-refractivity contribution in [3.05, 3.63) is 54.0 Å². The molecule has 0 unspecified atom stereocenters. The lowest BCUT2D eigenvalue weighted by atomic mass is 9.25. The molecular formula is C71H107N9O14. The second-order valence-corrected chi connectivity index (χ2v) is 33.1. The van der Waals surface area contributed by atoms with Crippen molar-refractivity contribution in [2.45, 2.75) is 210 Å². The topological polar surface area (TPSA) is 383 Å². The summed E-state index contributed by atoms with van der Waals surface area (Å²) in [5.74, 6) is -4.75. The Balaban J connectivity index is 0.936. The van der Waals surface area contributed by atoms with Crippen LogP contribution in [-0.4, -0.2) is 191 Å². The van der Waals surface area contributed by atoms with E-state index < -0.39 is 147 Å². The highest BCUT2D eigenvalue weighted by Gasteiger charge is 2.81. The molecule has 5 heterocycles. The van der Waals surface area contributed by atoms with Crippen LogP contribution in [-0.2, 0) is 35.7 Å². The van der Waals surface area contributed by atoms with Crippen molar-refractivity contribution in [3.63, 3.8) is 0 Å². The number of carboxylic acids is 1. The summed E-state index contributed by atoms with van der Waals surface area (Å²) in [5.41, 5.74) is 1.62. The summed E-state index contributed by atoms with van der Waals surface area (Å²) in [6.45, 7) is 9.58. The van der Waals surface area contributed by atoms with Crippen molar-refractivity contribution in [2.75, 3.05) is 51.3 Å². The summed E-state index contributed by atoms with van der Waals surface area (Å²) in [6.07, 6.45) is 13.5. The Bertz CT molecular complexity index is 3180. The molecule has 7 saturated carbocycles. The fourth-order valence-electron chi connectivity index (χ4n) is 25.2. The van der Waals surface area contributed by atoms with Crippen LogP contribution >= 0.6 is 0 Å². The summed E-state index contributed by atoms with van der Waals surface area (Å²) in [6, 6.07) is -0.606. The summed E-state index contributed by atoms with van der Waals surface area (Å²) < 4.78 is 13.1. The van der Waals surface area contributed by atoms with Gasteiger partial charge >= 0.3 is 5.97 Å². The molecular weight excluding hydrogens is 1200 g/mol. The predicted octanol–water partition coefficient (Wildman–Crippen LogP) is 3.18. The summed E-state index contributed by atoms with van der Waals surface area (Å²) in [4.78, 5) is 58.2. The average molecular weight is 1310 g/mol. The molecule has 2 aromatic heterocycles. The number of aliphatic hydroxyl groups is 8. The number of carbonyl (C=O) groups excluding carboxylic acids is 2. The van der Waals surface area contributed by atoms with E-state index in [0.717, 1.165) is 75.6 Å². The zero-order valence-corrected chi connectivity index (χ0v) is 55.4. The zero-order valence-electron chi connectivity index (χ0n) is 55.4. The molecule has 28 atom stereocenters. The van der Waals surface area contributed by atoms with E-state index in [1.54, 1.807) is 18.9 Å². The molecule has 12 aliphatic rings. The number of allylic oxidation sites excluding steroid dienone is 3. The van der Waals surface area contributed by atoms with E-state index in [2.05, 4.69) is 69.1 Å². The highest BCUT2D eigenvalue weighted by Crippen LogP contribution is 2.83. The van der Waals surface area contributed by atoms with Gasteiger partial charge in [-0.2, -0.15) is 0 Å². The van der Waals surface area contributed by atoms with Crippen molar-refractivity contribution >= 4 is 24.0 Å². The smallest absolute Gasteiger partial charge is 0.310 e. The first-order chi connectivity index (χ1) is 45.0. The largest absolute Gasteiger partial charge is 0.481 e. The number of fused-ring (bicyclic) bond motifs is 10. The average Bonchev–Trinajstić information content (AvgIpc) is 0.649. The number of aliphatic hydroxyl groups excluding tert-OH is 8. The highest BCUT2D eigenvalue weighted by molar-refractivity contribution is 5.87. The van der Waals surface area contributed by atoms with E-state index in [1.807, 2.05) is 13.0 Å². The number of imidazole rings is 2. The molecule has 3 aliphatic heterocycles. The molecule has 9 fully saturated rings. The lowest BCUT2D eigenvalue weighted by molar-refractivity contribution is -0.350. The third kappa shape index (κ3) is 9.58. The molecule has 1 spiro atoms. The van der Waals surface area contributed by atoms with Gasteiger partial charge in [0.15, 0.2) is 6.29 Å². The number of ether oxygens (including phenoxy) is 2. The van der Waals surface area contributed by atoms with Gasteiger partial charge in [-0.1, -0.05) is 77.2 Å². The quantitative estimate of drug-likeness (QED) is 0.0335. The molecule has 23 nitrogen and oxygen atoms in total. The third-order valence-electron chi connectivity index (χ3n) is 29.4. The number of H-pyrrole nitrogens is 2. The summed E-state index contributed by atoms with van der Waals surface area (Å²) >= 11 is 0. The molecule has 14 rings (SSSR count). The number of amides is 1. The van der Waals surface area contributed by atoms with Crippen LogP contribution in [0.25, 0.3) is 0 Å². The van der Waals surface area contributed by atoms with Gasteiger partial charge in [-0.05, 0) is 158 Å². The third-order valence-corrected chi connectivity index (χ3v) is 29.4. The van der Waals surface area contributed by atoms with Crippen molar-refractivity contribution < 1.29 is 69.8 Å². The molecule has 9 aliphatic carbocycles. The fourth-order valence-corrected chi connectivity index (χ4v) is 25.2. The van der Waals surface area contributed by atoms with Crippen LogP contribution in [0.5, 0.6) is 0 Å². The standard InChI is InChI=1S/C71H107N9O14/c1-64(33-82)20-21-70(63(91)92)44(28-64)42-26-38-10-8-17-69(67(42,4)43-27-46-60(79-36-77-46)76-30-45(43)70)18-13-48-65(2,34-83)58(94-61-54(87)52(85)47(84)32-93-61)53(86)50(66(48,3)55(38)69)40-12-19-71(49-31-74-35-78-49,56-51(40)68(62(90)80-56)15-5-6-16-68)57(88)41(59(72)89)29-73-22-23-75-39-11-7-9-37(25-39)14-24-81/h12,19,24,26,31,35-41,43-45,47-48,50-59,61,73,75-76,82-89H,5-11,13-18,20-23,25,27-30,32-34,72H2,1-4H3,(H,74,78)(H,77,79)(H,80,90)(H,91,92)/t37-,38+,39-,40-,41-,43+,44-,45-,47+,48+,50+,51-,52-,53+,54+,55+,56+,57+,58+,59-,61-,64-,65-,66+,67-,69-,70+,71-/m0/s1. The Labute approximate surface area is 551 Å². The number of aliphatic carboxylic acids is 1. The number of aldehydes is 1. The zero-order chi connectivity index (χ0) is 66.3. The van der Waals surface area contributed by atoms with E-state index in [4.69, 9.17) is 20.2 Å². The van der Waals surface area contributed by atoms with Crippen LogP contribution in [0.2, 0.25) is 0 Å². The number of carbonyl (C=O) groups is 3. The number of hydrogen-bond acceptors (Lipinski definition) is 19. The molecule has 520 valence electrons. The van der Waals surface area contributed by atoms with Gasteiger partial charge in [0.25, 0.3) is 0 Å². The molecule has 2 aromatic rings. The SMILES string of the molecule is C[C@]1(CO)CC[C@@]2(C(=O)O)[C@@H](C1)C1=C[C@H]3CCC[C@@]4(CC[C@@H]5[C@](C)(CO)[C@H](O[C@@H]6OC[C@@H](O)[C@H](O)[C@H]6O)[C@H](O)[C@@H]([C@@H]6C=C[C@@](c7cnc[nH]7)([C@H](O)[C@H](CNCCN[C@H]7CCC[C@@H](CC=O)C7)[C@@H](N)O)[C@@H]7NC(=O)C8(CCCC8)[C@@H]67)[C@]5(C)[C@@H]34)[C@]1(C)[C@@H]1Cc3[nH]cnc3NC[C@@H]12. The number of nitrogens with two attached hydrogens (primary N) is 1. The minimum absolute atomic E-state index is 0.0745. The highest BCUT2D eigenvalue weighted by atomic mass is 16.7. The van der Waals surface area contributed by atoms with Crippen LogP contribution in [0, 0.1) is 103 Å². The Morgan fingerprint density at radius 3 is 2.43 bits per heavy atom. The molecule has 1 amide bonds. The maximum atomic E-state index is 15.9. The van der Waals surface area contributed by atoms with Gasteiger partial charge in [-0.15, -0.1) is 0 Å². The Hall–Kier alpha value is -4.21. The second kappa shape index (κ2) is 24.6. The monoisotopic (exact) mass is 1310 g/mol. The van der Waals surface area contributed by atoms with E-state index in [-0.39, 0.29) is 55.4 Å². The van der Waals surface area contributed by atoms with Gasteiger partial charge in [0.2, 0.25) is 5.91 Å². The first-order valence-corrected chi connectivity index (χ1v) is 35.9. The first-order valence-electron chi connectivity index (χ1n) is 35.9. The fraction of sp³-hybridized carbons (Fsp3) is 0.817. The maximum Gasteiger partial charge on any atom is 0.310 e. The lowest BCUT2D eigenvalue weighted by Crippen LogP contribution is -2.77. The van der Waals surface area contributed by atoms with Crippen LogP contribution in [0.1, 0.15) is 148 Å². The van der Waals surface area contributed by atoms with Gasteiger partial charge in [0.1, 0.15) is 36.6 Å². The Kier molecular flexibility index (Phi) is 17.5. The molecule has 94 heavy (non-hydrogen) atoms. The summed E-state index contributed by atoms with van der Waals surface area (Å²) in [5, 5.41) is 124. The number of hydrogen-bond donors (Lipinski definition) is 16. The van der Waals surface area contributed by atoms with E-state index in [0.29, 0.717) is 89.0 Å². The van der Waals surface area contributed by atoms with Crippen molar-refractivity contribution in [2.24, 2.45) is 109 Å². The lowest BCUT2D eigenvalue weighted by Gasteiger charge is -2.78. The maximum absolute atomic E-state index is 15.9. The minimum atomic E-state index is -1.72. The second-order valence-electron chi connectivity index (χ2n) is 33.1. The van der Waals surface area contributed by atoms with Crippen LogP contribution < -0.4 is 27.0 Å². The minimum Gasteiger partial charge on any atom is -0.481 e. The van der Waals surface area contributed by atoms with Gasteiger partial charge in [0, 0.05) is 74.4 Å². The van der Waals surface area contributed by atoms with Gasteiger partial charge < -0.3 is 97.2 Å². The van der Waals surface area contributed by atoms with E-state index >= 15 is 4.79 Å². The number of nitrogens with zero attached hydrogens (tertiary/aromatic N) is 2. The number of rotatable bonds is 18. The van der Waals surface area contributed by atoms with Gasteiger partial charge in [0.05, 0.1) is 72.2 Å². The van der Waals surface area contributed by atoms with Crippen LogP contribution in [0.15, 0.2) is 42.7 Å². The number of aromatic amines is 2. The molecule has 0 aromatic carbocycles. The Morgan fingerprint density at radius 2 is 1.70 bits per heavy atom. The Morgan fingerprint density at radius 1 is 0.904 bits per heavy atom. The number of anilines is 1. The molecule has 2 saturated heterocycles. The number of nitrogens with one attached hydrogen (secondary N) is 6. The van der Waals surface area contributed by atoms with Crippen molar-refractivity contribution in [1.82, 2.24) is 35.9 Å². The first kappa shape index (κ1) is 67.0. The van der Waals surface area contributed by atoms with Gasteiger partial charge in [-0.3, -0.25) is 9.59 Å². The van der Waals surface area contributed by atoms with E-state index in [1.165, 1.54) is 5.57 Å². The number of carboxylic acid groups (broad SMARTS) is 1. The van der Waals surface area contributed by atoms with Crippen LogP contribution in [0.3, 0.4) is 0 Å². The molecule has 2 bridgehead atoms. The molecule has 23 heteroatoms. The van der Waals surface area contributed by atoms with Gasteiger partial charge in [-0.25, -0.2) is 9.97 Å². The van der Waals surface area contributed by atoms with Crippen molar-refractivity contribution in [3.8, 4) is 0 Å². The number of aromatic nitrogens is 4. The summed E-state index contributed by atoms with van der Waals surface area (Å²) in [7, 11) is 0. The van der Waals surface area contributed by atoms with Crippen molar-refractivity contribution in [1.29, 1.82) is 0 Å². The predicted molar refractivity (Wildman–Crippen MR) is 344 cm³/mol.